The molecular weight excluding hydrogens is 358 g/mol. The van der Waals surface area contributed by atoms with Crippen LogP contribution in [0.3, 0.4) is 0 Å². The van der Waals surface area contributed by atoms with Gasteiger partial charge in [0.05, 0.1) is 19.8 Å². The van der Waals surface area contributed by atoms with E-state index in [2.05, 4.69) is 10.6 Å². The number of ether oxygens (including phenoxy) is 2. The number of rotatable bonds is 17. The van der Waals surface area contributed by atoms with Gasteiger partial charge in [0.15, 0.2) is 0 Å². The molecule has 156 valence electrons. The van der Waals surface area contributed by atoms with Crippen LogP contribution < -0.4 is 16.4 Å². The lowest BCUT2D eigenvalue weighted by Gasteiger charge is -2.14. The predicted molar refractivity (Wildman–Crippen MR) is 96.8 cm³/mol. The predicted octanol–water partition coefficient (Wildman–Crippen LogP) is -0.449. The SMILES string of the molecule is CCCCCC(=O)NC(CCC(=O)NCCOCCOCC(N)=O)C(=O)O. The Morgan fingerprint density at radius 1 is 1.00 bits per heavy atom. The topological polar surface area (TPSA) is 157 Å². The molecule has 0 rings (SSSR count). The van der Waals surface area contributed by atoms with E-state index in [1.165, 1.54) is 0 Å². The third-order valence-electron chi connectivity index (χ3n) is 3.49. The fourth-order valence-electron chi connectivity index (χ4n) is 2.08. The van der Waals surface area contributed by atoms with Gasteiger partial charge in [0, 0.05) is 19.4 Å². The summed E-state index contributed by atoms with van der Waals surface area (Å²) in [5, 5.41) is 14.2. The molecule has 10 heteroatoms. The van der Waals surface area contributed by atoms with Crippen molar-refractivity contribution >= 4 is 23.7 Å². The van der Waals surface area contributed by atoms with Gasteiger partial charge < -0.3 is 30.9 Å². The van der Waals surface area contributed by atoms with Gasteiger partial charge in [-0.2, -0.15) is 0 Å². The Morgan fingerprint density at radius 3 is 2.33 bits per heavy atom. The monoisotopic (exact) mass is 389 g/mol. The summed E-state index contributed by atoms with van der Waals surface area (Å²) in [6, 6.07) is -1.08. The van der Waals surface area contributed by atoms with Crippen LogP contribution in [0.1, 0.15) is 45.4 Å². The van der Waals surface area contributed by atoms with Crippen molar-refractivity contribution in [3.8, 4) is 0 Å². The van der Waals surface area contributed by atoms with Crippen LogP contribution in [0.25, 0.3) is 0 Å². The number of aliphatic carboxylic acids is 1. The minimum Gasteiger partial charge on any atom is -0.480 e. The number of hydrogen-bond acceptors (Lipinski definition) is 6. The second-order valence-electron chi connectivity index (χ2n) is 5.94. The first kappa shape index (κ1) is 24.8. The number of carboxylic acid groups (broad SMARTS) is 1. The molecule has 0 aromatic heterocycles. The normalized spacial score (nSPS) is 11.6. The smallest absolute Gasteiger partial charge is 0.326 e. The number of nitrogens with one attached hydrogen (secondary N) is 2. The summed E-state index contributed by atoms with van der Waals surface area (Å²) in [4.78, 5) is 45.1. The number of carboxylic acids is 1. The average molecular weight is 389 g/mol. The molecule has 5 N–H and O–H groups in total. The number of carbonyl (C=O) groups is 4. The standard InChI is InChI=1S/C17H31N3O7/c1-2-3-4-5-16(23)20-13(17(24)25)6-7-15(22)19-8-9-26-10-11-27-12-14(18)21/h13H,2-12H2,1H3,(H2,18,21)(H,19,22)(H,20,23)(H,24,25). The zero-order valence-electron chi connectivity index (χ0n) is 15.8. The van der Waals surface area contributed by atoms with Crippen LogP contribution >= 0.6 is 0 Å². The van der Waals surface area contributed by atoms with E-state index in [1.807, 2.05) is 6.92 Å². The highest BCUT2D eigenvalue weighted by molar-refractivity contribution is 5.84. The van der Waals surface area contributed by atoms with Gasteiger partial charge in [-0.05, 0) is 12.8 Å². The first-order chi connectivity index (χ1) is 12.9. The largest absolute Gasteiger partial charge is 0.480 e. The van der Waals surface area contributed by atoms with Crippen LogP contribution in [0.2, 0.25) is 0 Å². The summed E-state index contributed by atoms with van der Waals surface area (Å²) in [5.74, 6) is -2.36. The molecule has 1 atom stereocenters. The third kappa shape index (κ3) is 15.7. The summed E-state index contributed by atoms with van der Waals surface area (Å²) >= 11 is 0. The molecule has 0 saturated heterocycles. The van der Waals surface area contributed by atoms with E-state index in [9.17, 15) is 19.2 Å². The van der Waals surface area contributed by atoms with E-state index in [1.54, 1.807) is 0 Å². The van der Waals surface area contributed by atoms with Crippen molar-refractivity contribution < 1.29 is 33.8 Å². The van der Waals surface area contributed by atoms with Crippen molar-refractivity contribution in [1.29, 1.82) is 0 Å². The number of primary amides is 1. The molecule has 0 radical (unpaired) electrons. The van der Waals surface area contributed by atoms with E-state index >= 15 is 0 Å². The van der Waals surface area contributed by atoms with Crippen molar-refractivity contribution in [3.63, 3.8) is 0 Å². The van der Waals surface area contributed by atoms with E-state index in [0.717, 1.165) is 12.8 Å². The maximum absolute atomic E-state index is 11.7. The maximum atomic E-state index is 11.7. The molecule has 27 heavy (non-hydrogen) atoms. The fraction of sp³-hybridized carbons (Fsp3) is 0.765. The van der Waals surface area contributed by atoms with E-state index in [-0.39, 0.29) is 64.0 Å². The quantitative estimate of drug-likeness (QED) is 0.245. The first-order valence-corrected chi connectivity index (χ1v) is 9.09. The van der Waals surface area contributed by atoms with Crippen molar-refractivity contribution in [3.05, 3.63) is 0 Å². The molecule has 0 spiro atoms. The van der Waals surface area contributed by atoms with Crippen LogP contribution in [0.5, 0.6) is 0 Å². The highest BCUT2D eigenvalue weighted by Gasteiger charge is 2.20. The lowest BCUT2D eigenvalue weighted by Crippen LogP contribution is -2.41. The second-order valence-corrected chi connectivity index (χ2v) is 5.94. The zero-order chi connectivity index (χ0) is 20.5. The molecule has 0 saturated carbocycles. The minimum absolute atomic E-state index is 0.0164. The Hall–Kier alpha value is -2.20. The molecule has 0 aromatic rings. The Morgan fingerprint density at radius 2 is 1.70 bits per heavy atom. The number of nitrogens with two attached hydrogens (primary N) is 1. The van der Waals surface area contributed by atoms with E-state index in [4.69, 9.17) is 20.3 Å². The molecule has 0 aliphatic heterocycles. The van der Waals surface area contributed by atoms with Crippen LogP contribution in [0.4, 0.5) is 0 Å². The lowest BCUT2D eigenvalue weighted by molar-refractivity contribution is -0.142. The van der Waals surface area contributed by atoms with Crippen LogP contribution in [0.15, 0.2) is 0 Å². The summed E-state index contributed by atoms with van der Waals surface area (Å²) in [7, 11) is 0. The number of carbonyl (C=O) groups excluding carboxylic acids is 3. The Bertz CT molecular complexity index is 471. The van der Waals surface area contributed by atoms with Gasteiger partial charge in [-0.25, -0.2) is 4.79 Å². The highest BCUT2D eigenvalue weighted by Crippen LogP contribution is 2.02. The summed E-state index contributed by atoms with van der Waals surface area (Å²) in [6.07, 6.45) is 2.87. The van der Waals surface area contributed by atoms with Crippen LogP contribution in [0, 0.1) is 0 Å². The Balaban J connectivity index is 3.83. The molecule has 10 nitrogen and oxygen atoms in total. The lowest BCUT2D eigenvalue weighted by atomic mass is 10.1. The van der Waals surface area contributed by atoms with Gasteiger partial charge in [-0.15, -0.1) is 0 Å². The van der Waals surface area contributed by atoms with Crippen LogP contribution in [-0.4, -0.2) is 67.8 Å². The van der Waals surface area contributed by atoms with Gasteiger partial charge in [-0.1, -0.05) is 19.8 Å². The van der Waals surface area contributed by atoms with E-state index < -0.39 is 17.9 Å². The Kier molecular flexibility index (Phi) is 14.7. The molecule has 0 heterocycles. The molecule has 0 aliphatic rings. The fourth-order valence-corrected chi connectivity index (χ4v) is 2.08. The minimum atomic E-state index is -1.16. The van der Waals surface area contributed by atoms with Gasteiger partial charge >= 0.3 is 5.97 Å². The van der Waals surface area contributed by atoms with Crippen molar-refractivity contribution in [2.75, 3.05) is 33.0 Å². The number of amides is 3. The summed E-state index contributed by atoms with van der Waals surface area (Å²) in [5.41, 5.74) is 4.90. The van der Waals surface area contributed by atoms with Crippen molar-refractivity contribution in [2.45, 2.75) is 51.5 Å². The first-order valence-electron chi connectivity index (χ1n) is 9.09. The molecule has 0 aromatic carbocycles. The van der Waals surface area contributed by atoms with Gasteiger partial charge in [0.2, 0.25) is 17.7 Å². The molecule has 0 fully saturated rings. The zero-order valence-corrected chi connectivity index (χ0v) is 15.8. The third-order valence-corrected chi connectivity index (χ3v) is 3.49. The highest BCUT2D eigenvalue weighted by atomic mass is 16.5. The second kappa shape index (κ2) is 16.0. The molecule has 3 amide bonds. The number of unbranched alkanes of at least 4 members (excludes halogenated alkanes) is 2. The van der Waals surface area contributed by atoms with Gasteiger partial charge in [0.1, 0.15) is 12.6 Å². The Labute approximate surface area is 159 Å². The summed E-state index contributed by atoms with van der Waals surface area (Å²) in [6.45, 7) is 2.83. The average Bonchev–Trinajstić information content (AvgIpc) is 2.60. The molecule has 1 unspecified atom stereocenters. The number of hydrogen-bond donors (Lipinski definition) is 4. The molecular formula is C17H31N3O7. The molecule has 0 bridgehead atoms. The molecule has 0 aliphatic carbocycles. The van der Waals surface area contributed by atoms with Crippen LogP contribution in [-0.2, 0) is 28.7 Å². The van der Waals surface area contributed by atoms with E-state index in [0.29, 0.717) is 6.42 Å². The summed E-state index contributed by atoms with van der Waals surface area (Å²) < 4.78 is 10.1. The van der Waals surface area contributed by atoms with Crippen molar-refractivity contribution in [1.82, 2.24) is 10.6 Å². The van der Waals surface area contributed by atoms with Gasteiger partial charge in [0.25, 0.3) is 0 Å². The maximum Gasteiger partial charge on any atom is 0.326 e. The van der Waals surface area contributed by atoms with Crippen molar-refractivity contribution in [2.24, 2.45) is 5.73 Å². The van der Waals surface area contributed by atoms with Gasteiger partial charge in [-0.3, -0.25) is 14.4 Å².